The summed E-state index contributed by atoms with van der Waals surface area (Å²) in [5.74, 6) is 5.62. The molecule has 172 valence electrons. The molecule has 10 nitrogen and oxygen atoms in total. The van der Waals surface area contributed by atoms with Gasteiger partial charge in [-0.05, 0) is 24.3 Å². The number of H-pyrrole nitrogens is 1. The van der Waals surface area contributed by atoms with Gasteiger partial charge in [0.2, 0.25) is 5.60 Å². The molecule has 0 spiro atoms. The molecule has 3 aromatic rings. The fraction of sp³-hybridized carbons (Fsp3) is 0.292. The zero-order chi connectivity index (χ0) is 23.7. The fourth-order valence-corrected chi connectivity index (χ4v) is 4.16. The van der Waals surface area contributed by atoms with Crippen molar-refractivity contribution in [3.05, 3.63) is 65.4 Å². The number of nitrogens with one attached hydrogen (secondary N) is 2. The summed E-state index contributed by atoms with van der Waals surface area (Å²) in [6.45, 7) is 1.74. The van der Waals surface area contributed by atoms with Gasteiger partial charge < -0.3 is 20.2 Å². The van der Waals surface area contributed by atoms with Gasteiger partial charge in [0.05, 0.1) is 0 Å². The van der Waals surface area contributed by atoms with Gasteiger partial charge >= 0.3 is 0 Å². The molecule has 10 heteroatoms. The fourth-order valence-electron chi connectivity index (χ4n) is 4.16. The van der Waals surface area contributed by atoms with Crippen molar-refractivity contribution in [1.29, 1.82) is 0 Å². The summed E-state index contributed by atoms with van der Waals surface area (Å²) in [6.07, 6.45) is 4.18. The van der Waals surface area contributed by atoms with Crippen molar-refractivity contribution in [2.24, 2.45) is 0 Å². The molecular weight excluding hydrogens is 434 g/mol. The van der Waals surface area contributed by atoms with E-state index in [1.165, 1.54) is 11.2 Å². The number of hydrogen-bond acceptors (Lipinski definition) is 7. The van der Waals surface area contributed by atoms with Gasteiger partial charge in [-0.2, -0.15) is 5.10 Å². The molecule has 2 aliphatic rings. The largest absolute Gasteiger partial charge is 0.369 e. The Morgan fingerprint density at radius 2 is 2.18 bits per heavy atom. The Labute approximate surface area is 196 Å². The van der Waals surface area contributed by atoms with Crippen LogP contribution in [0.1, 0.15) is 33.7 Å². The lowest BCUT2D eigenvalue weighted by Crippen LogP contribution is -2.37. The van der Waals surface area contributed by atoms with Crippen LogP contribution in [-0.2, 0) is 17.8 Å². The molecule has 2 amide bonds. The zero-order valence-corrected chi connectivity index (χ0v) is 18.6. The molecule has 2 aromatic heterocycles. The Morgan fingerprint density at radius 3 is 2.94 bits per heavy atom. The van der Waals surface area contributed by atoms with Crippen LogP contribution in [0.3, 0.4) is 0 Å². The Morgan fingerprint density at radius 1 is 1.29 bits per heavy atom. The normalized spacial score (nSPS) is 19.4. The number of aromatic amines is 1. The van der Waals surface area contributed by atoms with E-state index in [9.17, 15) is 14.7 Å². The SMILES string of the molecule is CN1CC[C@@](O)(C#Cc2cccc(NC(=O)c3n[nH]c4c3CN(c3ccncn3)CC4)c2)C1=O. The predicted octanol–water partition coefficient (Wildman–Crippen LogP) is 0.959. The molecule has 3 N–H and O–H groups in total. The van der Waals surface area contributed by atoms with Crippen molar-refractivity contribution >= 4 is 23.3 Å². The standard InChI is InChI=1S/C24H23N7O3/c1-30-12-9-24(34,23(30)33)8-5-16-3-2-4-17(13-16)27-22(32)21-18-14-31(11-7-19(18)28-29-21)20-6-10-25-15-26-20/h2-4,6,10,13,15,34H,7,9,11-12,14H2,1H3,(H,27,32)(H,28,29)/t24-/m0/s1. The first-order chi connectivity index (χ1) is 16.4. The summed E-state index contributed by atoms with van der Waals surface area (Å²) >= 11 is 0. The highest BCUT2D eigenvalue weighted by Gasteiger charge is 2.42. The molecule has 0 saturated carbocycles. The number of hydrogen-bond donors (Lipinski definition) is 3. The molecule has 1 aromatic carbocycles. The van der Waals surface area contributed by atoms with E-state index in [1.807, 2.05) is 6.07 Å². The van der Waals surface area contributed by atoms with Crippen LogP contribution in [0.4, 0.5) is 11.5 Å². The molecule has 1 atom stereocenters. The summed E-state index contributed by atoms with van der Waals surface area (Å²) in [5.41, 5.74) is 1.56. The first-order valence-electron chi connectivity index (χ1n) is 10.9. The molecule has 0 radical (unpaired) electrons. The van der Waals surface area contributed by atoms with E-state index in [0.29, 0.717) is 30.0 Å². The van der Waals surface area contributed by atoms with E-state index in [1.54, 1.807) is 37.5 Å². The highest BCUT2D eigenvalue weighted by Crippen LogP contribution is 2.25. The molecule has 0 bridgehead atoms. The number of likely N-dealkylation sites (N-methyl/N-ethyl adjacent to an activating group) is 1. The average Bonchev–Trinajstić information content (AvgIpc) is 3.40. The summed E-state index contributed by atoms with van der Waals surface area (Å²) in [5, 5.41) is 20.6. The van der Waals surface area contributed by atoms with Crippen LogP contribution in [0.5, 0.6) is 0 Å². The number of aromatic nitrogens is 4. The molecule has 34 heavy (non-hydrogen) atoms. The summed E-state index contributed by atoms with van der Waals surface area (Å²) < 4.78 is 0. The van der Waals surface area contributed by atoms with Gasteiger partial charge in [0.1, 0.15) is 12.1 Å². The van der Waals surface area contributed by atoms with Gasteiger partial charge in [0.25, 0.3) is 11.8 Å². The van der Waals surface area contributed by atoms with Crippen LogP contribution in [0, 0.1) is 11.8 Å². The predicted molar refractivity (Wildman–Crippen MR) is 124 cm³/mol. The van der Waals surface area contributed by atoms with Gasteiger partial charge in [0, 0.05) is 68.2 Å². The molecule has 4 heterocycles. The minimum atomic E-state index is -1.67. The van der Waals surface area contributed by atoms with Gasteiger partial charge in [-0.15, -0.1) is 0 Å². The molecule has 0 unspecified atom stereocenters. The van der Waals surface area contributed by atoms with Gasteiger partial charge in [0.15, 0.2) is 5.69 Å². The lowest BCUT2D eigenvalue weighted by Gasteiger charge is -2.27. The number of anilines is 2. The lowest BCUT2D eigenvalue weighted by atomic mass is 10.0. The summed E-state index contributed by atoms with van der Waals surface area (Å²) in [7, 11) is 1.64. The number of likely N-dealkylation sites (tertiary alicyclic amines) is 1. The lowest BCUT2D eigenvalue weighted by molar-refractivity contribution is -0.137. The highest BCUT2D eigenvalue weighted by molar-refractivity contribution is 6.04. The maximum atomic E-state index is 13.0. The van der Waals surface area contributed by atoms with Crippen LogP contribution in [0.2, 0.25) is 0 Å². The van der Waals surface area contributed by atoms with Crippen molar-refractivity contribution in [3.63, 3.8) is 0 Å². The molecule has 0 aliphatic carbocycles. The Bertz CT molecular complexity index is 1310. The Balaban J connectivity index is 1.32. The first-order valence-corrected chi connectivity index (χ1v) is 10.9. The van der Waals surface area contributed by atoms with E-state index in [-0.39, 0.29) is 12.3 Å². The van der Waals surface area contributed by atoms with Crippen LogP contribution in [0.25, 0.3) is 0 Å². The molecular formula is C24H23N7O3. The van der Waals surface area contributed by atoms with Crippen LogP contribution >= 0.6 is 0 Å². The Kier molecular flexibility index (Phi) is 5.47. The van der Waals surface area contributed by atoms with E-state index in [2.05, 4.69) is 42.2 Å². The topological polar surface area (TPSA) is 127 Å². The maximum Gasteiger partial charge on any atom is 0.276 e. The zero-order valence-electron chi connectivity index (χ0n) is 18.6. The Hall–Kier alpha value is -4.23. The maximum absolute atomic E-state index is 13.0. The van der Waals surface area contributed by atoms with Gasteiger partial charge in [-0.3, -0.25) is 14.7 Å². The molecule has 5 rings (SSSR count). The second-order valence-corrected chi connectivity index (χ2v) is 8.39. The van der Waals surface area contributed by atoms with Crippen LogP contribution in [-0.4, -0.2) is 67.7 Å². The number of aliphatic hydroxyl groups is 1. The van der Waals surface area contributed by atoms with Gasteiger partial charge in [-0.1, -0.05) is 17.9 Å². The van der Waals surface area contributed by atoms with Crippen molar-refractivity contribution in [2.45, 2.75) is 25.0 Å². The van der Waals surface area contributed by atoms with E-state index >= 15 is 0 Å². The summed E-state index contributed by atoms with van der Waals surface area (Å²) in [4.78, 5) is 37.0. The number of carbonyl (C=O) groups is 2. The van der Waals surface area contributed by atoms with Crippen molar-refractivity contribution in [2.75, 3.05) is 30.4 Å². The number of rotatable bonds is 3. The second-order valence-electron chi connectivity index (χ2n) is 8.39. The number of fused-ring (bicyclic) bond motifs is 1. The number of benzene rings is 1. The summed E-state index contributed by atoms with van der Waals surface area (Å²) in [6, 6.07) is 8.79. The van der Waals surface area contributed by atoms with Crippen LogP contribution < -0.4 is 10.2 Å². The third kappa shape index (κ3) is 4.09. The minimum Gasteiger partial charge on any atom is -0.369 e. The highest BCUT2D eigenvalue weighted by atomic mass is 16.3. The van der Waals surface area contributed by atoms with Crippen LogP contribution in [0.15, 0.2) is 42.9 Å². The number of nitrogens with zero attached hydrogens (tertiary/aromatic N) is 5. The third-order valence-electron chi connectivity index (χ3n) is 6.08. The van der Waals surface area contributed by atoms with E-state index < -0.39 is 11.5 Å². The second kappa shape index (κ2) is 8.61. The van der Waals surface area contributed by atoms with Gasteiger partial charge in [-0.25, -0.2) is 9.97 Å². The average molecular weight is 457 g/mol. The number of carbonyl (C=O) groups excluding carboxylic acids is 2. The van der Waals surface area contributed by atoms with Crippen molar-refractivity contribution < 1.29 is 14.7 Å². The monoisotopic (exact) mass is 457 g/mol. The van der Waals surface area contributed by atoms with E-state index in [0.717, 1.165) is 30.0 Å². The smallest absolute Gasteiger partial charge is 0.276 e. The van der Waals surface area contributed by atoms with E-state index in [4.69, 9.17) is 0 Å². The quantitative estimate of drug-likeness (QED) is 0.500. The molecule has 2 aliphatic heterocycles. The van der Waals surface area contributed by atoms with Crippen molar-refractivity contribution in [1.82, 2.24) is 25.1 Å². The van der Waals surface area contributed by atoms with Crippen molar-refractivity contribution in [3.8, 4) is 11.8 Å². The molecule has 1 saturated heterocycles. The third-order valence-corrected chi connectivity index (χ3v) is 6.08. The minimum absolute atomic E-state index is 0.266. The molecule has 1 fully saturated rings. The first kappa shape index (κ1) is 21.6. The number of amides is 2.